The SMILES string of the molecule is CN1CC=C[C@]2(C)O[C@]34C=CCN(C(C)(C)CC(C)(C)C)C(=O)C3N(CCO)C(=O)[C@@H]4[C@@H]2C1=O. The van der Waals surface area contributed by atoms with Crippen LogP contribution < -0.4 is 0 Å². The zero-order valence-corrected chi connectivity index (χ0v) is 21.5. The third-order valence-corrected chi connectivity index (χ3v) is 7.79. The topological polar surface area (TPSA) is 90.4 Å². The predicted octanol–water partition coefficient (Wildman–Crippen LogP) is 1.59. The zero-order valence-electron chi connectivity index (χ0n) is 21.5. The van der Waals surface area contributed by atoms with Crippen molar-refractivity contribution < 1.29 is 24.2 Å². The Morgan fingerprint density at radius 3 is 2.26 bits per heavy atom. The van der Waals surface area contributed by atoms with Crippen molar-refractivity contribution in [2.24, 2.45) is 17.3 Å². The fourth-order valence-corrected chi connectivity index (χ4v) is 6.93. The van der Waals surface area contributed by atoms with Crippen LogP contribution in [0.4, 0.5) is 0 Å². The molecule has 0 aromatic carbocycles. The highest BCUT2D eigenvalue weighted by Gasteiger charge is 2.74. The second-order valence-electron chi connectivity index (χ2n) is 12.3. The van der Waals surface area contributed by atoms with Crippen molar-refractivity contribution in [3.05, 3.63) is 24.3 Å². The highest BCUT2D eigenvalue weighted by molar-refractivity contribution is 6.00. The lowest BCUT2D eigenvalue weighted by molar-refractivity contribution is -0.156. The molecule has 188 valence electrons. The van der Waals surface area contributed by atoms with Gasteiger partial charge in [0.05, 0.1) is 24.0 Å². The number of aliphatic hydroxyl groups excluding tert-OH is 1. The van der Waals surface area contributed by atoms with Crippen molar-refractivity contribution in [1.29, 1.82) is 0 Å². The minimum absolute atomic E-state index is 0.0113. The Bertz CT molecular complexity index is 951. The first-order valence-corrected chi connectivity index (χ1v) is 12.2. The van der Waals surface area contributed by atoms with Gasteiger partial charge in [0, 0.05) is 32.2 Å². The van der Waals surface area contributed by atoms with E-state index in [0.717, 1.165) is 6.42 Å². The second kappa shape index (κ2) is 7.92. The molecule has 0 saturated carbocycles. The van der Waals surface area contributed by atoms with Crippen molar-refractivity contribution >= 4 is 17.7 Å². The number of hydrogen-bond donors (Lipinski definition) is 1. The van der Waals surface area contributed by atoms with E-state index >= 15 is 0 Å². The second-order valence-corrected chi connectivity index (χ2v) is 12.3. The normalized spacial score (nSPS) is 35.9. The number of nitrogens with zero attached hydrogens (tertiary/aromatic N) is 3. The zero-order chi connectivity index (χ0) is 25.3. The molecule has 8 nitrogen and oxygen atoms in total. The van der Waals surface area contributed by atoms with Gasteiger partial charge in [0.15, 0.2) is 0 Å². The molecule has 2 fully saturated rings. The summed E-state index contributed by atoms with van der Waals surface area (Å²) in [4.78, 5) is 46.5. The largest absolute Gasteiger partial charge is 0.395 e. The summed E-state index contributed by atoms with van der Waals surface area (Å²) >= 11 is 0. The summed E-state index contributed by atoms with van der Waals surface area (Å²) in [5.41, 5.74) is -2.76. The quantitative estimate of drug-likeness (QED) is 0.627. The summed E-state index contributed by atoms with van der Waals surface area (Å²) in [5, 5.41) is 9.79. The van der Waals surface area contributed by atoms with E-state index in [1.807, 2.05) is 36.1 Å². The fraction of sp³-hybridized carbons (Fsp3) is 0.731. The van der Waals surface area contributed by atoms with Crippen molar-refractivity contribution in [2.45, 2.75) is 70.7 Å². The molecule has 0 aliphatic carbocycles. The van der Waals surface area contributed by atoms with Crippen LogP contribution in [0.25, 0.3) is 0 Å². The van der Waals surface area contributed by atoms with Gasteiger partial charge in [-0.25, -0.2) is 0 Å². The van der Waals surface area contributed by atoms with Crippen molar-refractivity contribution in [1.82, 2.24) is 14.7 Å². The molecule has 4 aliphatic heterocycles. The van der Waals surface area contributed by atoms with Crippen molar-refractivity contribution in [2.75, 3.05) is 33.3 Å². The van der Waals surface area contributed by atoms with Crippen molar-refractivity contribution in [3.8, 4) is 0 Å². The summed E-state index contributed by atoms with van der Waals surface area (Å²) in [5.74, 6) is -2.26. The van der Waals surface area contributed by atoms with Gasteiger partial charge in [0.2, 0.25) is 17.7 Å². The molecular weight excluding hydrogens is 434 g/mol. The number of likely N-dealkylation sites (tertiary alicyclic amines) is 1. The molecule has 1 spiro atoms. The molecule has 5 atom stereocenters. The summed E-state index contributed by atoms with van der Waals surface area (Å²) in [6, 6.07) is -0.939. The van der Waals surface area contributed by atoms with Crippen LogP contribution >= 0.6 is 0 Å². The lowest BCUT2D eigenvalue weighted by Crippen LogP contribution is -2.60. The number of likely N-dealkylation sites (N-methyl/N-ethyl adjacent to an activating group) is 1. The molecule has 2 saturated heterocycles. The van der Waals surface area contributed by atoms with E-state index in [0.29, 0.717) is 13.1 Å². The third kappa shape index (κ3) is 3.61. The average Bonchev–Trinajstić information content (AvgIpc) is 2.95. The first-order valence-electron chi connectivity index (χ1n) is 12.2. The molecule has 0 aromatic heterocycles. The standard InChI is InChI=1S/C26H39N3O5/c1-23(2,3)16-24(4,5)29-13-9-11-26-18(21(32)28(14-15-30)19(26)22(29)33)17-20(31)27(7)12-8-10-25(17,6)34-26/h8-11,17-19,30H,12-16H2,1-7H3/t17-,18+,19?,25+,26+/m1/s1. The van der Waals surface area contributed by atoms with E-state index in [2.05, 4.69) is 34.6 Å². The van der Waals surface area contributed by atoms with E-state index in [-0.39, 0.29) is 36.3 Å². The van der Waals surface area contributed by atoms with Gasteiger partial charge < -0.3 is 24.5 Å². The van der Waals surface area contributed by atoms with E-state index in [4.69, 9.17) is 4.74 Å². The molecule has 1 unspecified atom stereocenters. The van der Waals surface area contributed by atoms with Crippen LogP contribution in [0.2, 0.25) is 0 Å². The number of fused-ring (bicyclic) bond motifs is 2. The van der Waals surface area contributed by atoms with E-state index in [1.165, 1.54) is 4.90 Å². The lowest BCUT2D eigenvalue weighted by Gasteiger charge is -2.44. The molecule has 34 heavy (non-hydrogen) atoms. The van der Waals surface area contributed by atoms with Gasteiger partial charge in [-0.1, -0.05) is 45.1 Å². The summed E-state index contributed by atoms with van der Waals surface area (Å²) in [6.45, 7) is 12.9. The maximum atomic E-state index is 14.3. The van der Waals surface area contributed by atoms with Crippen LogP contribution in [-0.2, 0) is 19.1 Å². The van der Waals surface area contributed by atoms with E-state index in [1.54, 1.807) is 11.9 Å². The lowest BCUT2D eigenvalue weighted by atomic mass is 9.74. The van der Waals surface area contributed by atoms with Gasteiger partial charge >= 0.3 is 0 Å². The Kier molecular flexibility index (Phi) is 5.80. The third-order valence-electron chi connectivity index (χ3n) is 7.79. The molecule has 4 heterocycles. The van der Waals surface area contributed by atoms with Crippen LogP contribution in [0, 0.1) is 17.3 Å². The number of aliphatic hydroxyl groups is 1. The summed E-state index contributed by atoms with van der Waals surface area (Å²) in [6.07, 6.45) is 8.30. The van der Waals surface area contributed by atoms with E-state index in [9.17, 15) is 19.5 Å². The van der Waals surface area contributed by atoms with Crippen LogP contribution in [0.5, 0.6) is 0 Å². The maximum absolute atomic E-state index is 14.3. The Morgan fingerprint density at radius 1 is 1.00 bits per heavy atom. The summed E-state index contributed by atoms with van der Waals surface area (Å²) in [7, 11) is 1.72. The molecule has 4 rings (SSSR count). The Balaban J connectivity index is 1.84. The highest BCUT2D eigenvalue weighted by Crippen LogP contribution is 2.57. The molecule has 8 heteroatoms. The highest BCUT2D eigenvalue weighted by atomic mass is 16.5. The van der Waals surface area contributed by atoms with Gasteiger partial charge in [0.25, 0.3) is 0 Å². The van der Waals surface area contributed by atoms with Gasteiger partial charge in [-0.15, -0.1) is 0 Å². The number of rotatable bonds is 4. The molecule has 4 aliphatic rings. The minimum Gasteiger partial charge on any atom is -0.395 e. The van der Waals surface area contributed by atoms with Crippen LogP contribution in [0.1, 0.15) is 48.0 Å². The number of β-amino-alcohol motifs (C(OH)–C–C–N with tert-alkyl or cyclic N) is 1. The number of ether oxygens (including phenoxy) is 1. The maximum Gasteiger partial charge on any atom is 0.249 e. The van der Waals surface area contributed by atoms with Gasteiger partial charge in [-0.05, 0) is 32.6 Å². The fourth-order valence-electron chi connectivity index (χ4n) is 6.93. The Hall–Kier alpha value is -2.19. The molecule has 3 amide bonds. The monoisotopic (exact) mass is 473 g/mol. The number of amides is 3. The molecule has 0 bridgehead atoms. The smallest absolute Gasteiger partial charge is 0.249 e. The number of hydrogen-bond acceptors (Lipinski definition) is 5. The Morgan fingerprint density at radius 2 is 1.65 bits per heavy atom. The molecular formula is C26H39N3O5. The molecule has 0 aromatic rings. The van der Waals surface area contributed by atoms with E-state index < -0.39 is 34.6 Å². The Labute approximate surface area is 202 Å². The predicted molar refractivity (Wildman–Crippen MR) is 128 cm³/mol. The number of carbonyl (C=O) groups is 3. The number of carbonyl (C=O) groups excluding carboxylic acids is 3. The average molecular weight is 474 g/mol. The van der Waals surface area contributed by atoms with Gasteiger partial charge in [-0.2, -0.15) is 0 Å². The van der Waals surface area contributed by atoms with Crippen LogP contribution in [0.15, 0.2) is 24.3 Å². The van der Waals surface area contributed by atoms with Crippen LogP contribution in [-0.4, -0.2) is 93.6 Å². The molecule has 0 radical (unpaired) electrons. The van der Waals surface area contributed by atoms with Gasteiger partial charge in [-0.3, -0.25) is 14.4 Å². The first-order chi connectivity index (χ1) is 15.7. The molecule has 1 N–H and O–H groups in total. The van der Waals surface area contributed by atoms with Crippen molar-refractivity contribution in [3.63, 3.8) is 0 Å². The minimum atomic E-state index is -1.27. The summed E-state index contributed by atoms with van der Waals surface area (Å²) < 4.78 is 6.71. The first kappa shape index (κ1) is 24.9. The van der Waals surface area contributed by atoms with Crippen LogP contribution in [0.3, 0.4) is 0 Å². The van der Waals surface area contributed by atoms with Gasteiger partial charge in [0.1, 0.15) is 11.6 Å².